The number of hydrogen-bond acceptors (Lipinski definition) is 6. The molecule has 18 heavy (non-hydrogen) atoms. The third-order valence-corrected chi connectivity index (χ3v) is 4.70. The summed E-state index contributed by atoms with van der Waals surface area (Å²) in [4.78, 5) is 13.9. The van der Waals surface area contributed by atoms with Crippen molar-refractivity contribution in [1.82, 2.24) is 9.55 Å². The molecule has 0 saturated carbocycles. The zero-order valence-corrected chi connectivity index (χ0v) is 10.7. The molecule has 0 radical (unpaired) electrons. The molecular formula is C9H14N4O4S. The number of rotatable bonds is 3. The van der Waals surface area contributed by atoms with Gasteiger partial charge in [-0.3, -0.25) is 4.57 Å². The number of anilines is 1. The van der Waals surface area contributed by atoms with Gasteiger partial charge in [-0.2, -0.15) is 0 Å². The van der Waals surface area contributed by atoms with Crippen LogP contribution in [0.4, 0.5) is 11.6 Å². The first-order valence-electron chi connectivity index (χ1n) is 5.52. The average molecular weight is 274 g/mol. The van der Waals surface area contributed by atoms with Crippen molar-refractivity contribution in [2.24, 2.45) is 7.05 Å². The minimum atomic E-state index is -2.93. The van der Waals surface area contributed by atoms with E-state index in [0.29, 0.717) is 18.7 Å². The third kappa shape index (κ3) is 2.61. The Kier molecular flexibility index (Phi) is 3.24. The first-order valence-corrected chi connectivity index (χ1v) is 7.34. The second-order valence-electron chi connectivity index (χ2n) is 4.36. The van der Waals surface area contributed by atoms with Crippen LogP contribution in [0.5, 0.6) is 0 Å². The quantitative estimate of drug-likeness (QED) is 0.628. The molecule has 0 aliphatic carbocycles. The smallest absolute Gasteiger partial charge is 0.361 e. The standard InChI is InChI=1S/C9H14N4O4S/c1-12-6-10-8(13(14)15)9(12)11-7-2-4-18(16,17)5-3-7/h6-7,11H,2-5H2,1H3. The summed E-state index contributed by atoms with van der Waals surface area (Å²) in [6.07, 6.45) is 2.29. The number of nitrogens with one attached hydrogen (secondary N) is 1. The number of hydrogen-bond donors (Lipinski definition) is 1. The number of nitrogens with zero attached hydrogens (tertiary/aromatic N) is 3. The zero-order valence-electron chi connectivity index (χ0n) is 9.87. The van der Waals surface area contributed by atoms with E-state index in [4.69, 9.17) is 0 Å². The summed E-state index contributed by atoms with van der Waals surface area (Å²) in [7, 11) is -1.27. The van der Waals surface area contributed by atoms with Crippen molar-refractivity contribution in [1.29, 1.82) is 0 Å². The Morgan fingerprint density at radius 2 is 2.11 bits per heavy atom. The van der Waals surface area contributed by atoms with Gasteiger partial charge in [0.25, 0.3) is 0 Å². The molecule has 1 aromatic heterocycles. The summed E-state index contributed by atoms with van der Waals surface area (Å²) in [5.41, 5.74) is 0. The molecule has 1 saturated heterocycles. The summed E-state index contributed by atoms with van der Waals surface area (Å²) < 4.78 is 24.1. The monoisotopic (exact) mass is 274 g/mol. The van der Waals surface area contributed by atoms with E-state index in [9.17, 15) is 18.5 Å². The molecule has 1 aromatic rings. The summed E-state index contributed by atoms with van der Waals surface area (Å²) >= 11 is 0. The van der Waals surface area contributed by atoms with Gasteiger partial charge in [0.2, 0.25) is 12.1 Å². The fraction of sp³-hybridized carbons (Fsp3) is 0.667. The number of nitro groups is 1. The first-order chi connectivity index (χ1) is 8.39. The summed E-state index contributed by atoms with van der Waals surface area (Å²) in [6.45, 7) is 0. The Bertz CT molecular complexity index is 551. The van der Waals surface area contributed by atoms with Crippen molar-refractivity contribution in [3.05, 3.63) is 16.4 Å². The van der Waals surface area contributed by atoms with Crippen molar-refractivity contribution < 1.29 is 13.3 Å². The van der Waals surface area contributed by atoms with E-state index in [-0.39, 0.29) is 23.4 Å². The number of imidazole rings is 1. The maximum Gasteiger partial charge on any atom is 0.406 e. The fourth-order valence-corrected chi connectivity index (χ4v) is 3.44. The average Bonchev–Trinajstić information content (AvgIpc) is 2.64. The fourth-order valence-electron chi connectivity index (χ4n) is 1.95. The van der Waals surface area contributed by atoms with Crippen molar-refractivity contribution in [3.8, 4) is 0 Å². The van der Waals surface area contributed by atoms with E-state index in [1.165, 1.54) is 10.9 Å². The molecule has 0 amide bonds. The van der Waals surface area contributed by atoms with Gasteiger partial charge in [-0.1, -0.05) is 0 Å². The summed E-state index contributed by atoms with van der Waals surface area (Å²) in [6, 6.07) is -0.0670. The third-order valence-electron chi connectivity index (χ3n) is 2.99. The van der Waals surface area contributed by atoms with Crippen LogP contribution in [0.3, 0.4) is 0 Å². The largest absolute Gasteiger partial charge is 0.406 e. The predicted molar refractivity (Wildman–Crippen MR) is 65.2 cm³/mol. The number of aromatic nitrogens is 2. The van der Waals surface area contributed by atoms with E-state index >= 15 is 0 Å². The van der Waals surface area contributed by atoms with E-state index in [0.717, 1.165) is 0 Å². The van der Waals surface area contributed by atoms with Gasteiger partial charge >= 0.3 is 5.82 Å². The molecule has 9 heteroatoms. The van der Waals surface area contributed by atoms with Gasteiger partial charge in [0.15, 0.2) is 0 Å². The van der Waals surface area contributed by atoms with Crippen molar-refractivity contribution in [2.75, 3.05) is 16.8 Å². The van der Waals surface area contributed by atoms with E-state index in [1.807, 2.05) is 0 Å². The minimum Gasteiger partial charge on any atom is -0.361 e. The van der Waals surface area contributed by atoms with Crippen LogP contribution in [-0.4, -0.2) is 40.4 Å². The Morgan fingerprint density at radius 1 is 1.50 bits per heavy atom. The van der Waals surface area contributed by atoms with Crippen LogP contribution in [0.25, 0.3) is 0 Å². The second kappa shape index (κ2) is 4.56. The Balaban J connectivity index is 2.11. The summed E-state index contributed by atoms with van der Waals surface area (Å²) in [5.74, 6) is 0.335. The number of aryl methyl sites for hydroxylation is 1. The van der Waals surface area contributed by atoms with E-state index < -0.39 is 14.8 Å². The maximum atomic E-state index is 11.3. The number of sulfone groups is 1. The van der Waals surface area contributed by atoms with Crippen LogP contribution in [0.2, 0.25) is 0 Å². The minimum absolute atomic E-state index is 0.0670. The van der Waals surface area contributed by atoms with Gasteiger partial charge in [0.05, 0.1) is 11.5 Å². The van der Waals surface area contributed by atoms with Crippen LogP contribution in [0.1, 0.15) is 12.8 Å². The lowest BCUT2D eigenvalue weighted by Gasteiger charge is -2.23. The molecule has 2 heterocycles. The van der Waals surface area contributed by atoms with Gasteiger partial charge in [-0.15, -0.1) is 0 Å². The van der Waals surface area contributed by atoms with Crippen LogP contribution < -0.4 is 5.32 Å². The van der Waals surface area contributed by atoms with Crippen LogP contribution >= 0.6 is 0 Å². The van der Waals surface area contributed by atoms with Crippen LogP contribution in [0, 0.1) is 10.1 Å². The lowest BCUT2D eigenvalue weighted by atomic mass is 10.1. The zero-order chi connectivity index (χ0) is 13.3. The highest BCUT2D eigenvalue weighted by atomic mass is 32.2. The lowest BCUT2D eigenvalue weighted by Crippen LogP contribution is -2.32. The molecule has 0 bridgehead atoms. The van der Waals surface area contributed by atoms with Crippen molar-refractivity contribution >= 4 is 21.5 Å². The van der Waals surface area contributed by atoms with Crippen LogP contribution in [0.15, 0.2) is 6.33 Å². The van der Waals surface area contributed by atoms with Crippen molar-refractivity contribution in [3.63, 3.8) is 0 Å². The highest BCUT2D eigenvalue weighted by Crippen LogP contribution is 2.24. The van der Waals surface area contributed by atoms with E-state index in [1.54, 1.807) is 7.05 Å². The molecule has 0 spiro atoms. The van der Waals surface area contributed by atoms with Gasteiger partial charge < -0.3 is 15.4 Å². The van der Waals surface area contributed by atoms with Gasteiger partial charge in [0, 0.05) is 13.1 Å². The molecular weight excluding hydrogens is 260 g/mol. The van der Waals surface area contributed by atoms with Gasteiger partial charge in [-0.25, -0.2) is 8.42 Å². The molecule has 1 N–H and O–H groups in total. The molecule has 0 atom stereocenters. The molecule has 100 valence electrons. The Hall–Kier alpha value is -1.64. The predicted octanol–water partition coefficient (Wildman–Crippen LogP) is 0.317. The SMILES string of the molecule is Cn1cnc([N+](=O)[O-])c1NC1CCS(=O)(=O)CC1. The Morgan fingerprint density at radius 3 is 2.67 bits per heavy atom. The summed E-state index contributed by atoms with van der Waals surface area (Å²) in [5, 5.41) is 13.8. The molecule has 0 aromatic carbocycles. The lowest BCUT2D eigenvalue weighted by molar-refractivity contribution is -0.388. The van der Waals surface area contributed by atoms with Gasteiger partial charge in [0.1, 0.15) is 9.84 Å². The molecule has 8 nitrogen and oxygen atoms in total. The van der Waals surface area contributed by atoms with Crippen molar-refractivity contribution in [2.45, 2.75) is 18.9 Å². The molecule has 1 aliphatic rings. The van der Waals surface area contributed by atoms with Crippen LogP contribution in [-0.2, 0) is 16.9 Å². The molecule has 0 unspecified atom stereocenters. The van der Waals surface area contributed by atoms with E-state index in [2.05, 4.69) is 10.3 Å². The highest BCUT2D eigenvalue weighted by Gasteiger charge is 2.27. The highest BCUT2D eigenvalue weighted by molar-refractivity contribution is 7.91. The first kappa shape index (κ1) is 12.8. The topological polar surface area (TPSA) is 107 Å². The molecule has 2 rings (SSSR count). The maximum absolute atomic E-state index is 11.3. The Labute approximate surface area is 104 Å². The molecule has 1 fully saturated rings. The normalized spacial score (nSPS) is 19.6. The second-order valence-corrected chi connectivity index (χ2v) is 6.66. The molecule has 1 aliphatic heterocycles. The van der Waals surface area contributed by atoms with Gasteiger partial charge in [-0.05, 0) is 22.7 Å².